The number of anilines is 1. The zero-order valence-corrected chi connectivity index (χ0v) is 33.9. The summed E-state index contributed by atoms with van der Waals surface area (Å²) in [5, 5.41) is 63.7. The number of hydrogen-bond donors (Lipinski definition) is 6. The third-order valence-corrected chi connectivity index (χ3v) is 10.7. The van der Waals surface area contributed by atoms with Gasteiger partial charge in [-0.3, -0.25) is 14.4 Å². The van der Waals surface area contributed by atoms with Crippen molar-refractivity contribution >= 4 is 40.3 Å². The van der Waals surface area contributed by atoms with Gasteiger partial charge in [0.2, 0.25) is 0 Å². The molecule has 57 heavy (non-hydrogen) atoms. The summed E-state index contributed by atoms with van der Waals surface area (Å²) in [6, 6.07) is 0. The number of carbonyl (C=O) groups is 3. The highest BCUT2D eigenvalue weighted by Gasteiger charge is 2.50. The predicted octanol–water partition coefficient (Wildman–Crippen LogP) is 5.68. The van der Waals surface area contributed by atoms with Gasteiger partial charge in [0.05, 0.1) is 53.0 Å². The number of hydrogen-bond acceptors (Lipinski definition) is 14. The second kappa shape index (κ2) is 18.3. The summed E-state index contributed by atoms with van der Waals surface area (Å²) in [7, 11) is 1.42. The third kappa shape index (κ3) is 8.95. The summed E-state index contributed by atoms with van der Waals surface area (Å²) in [5.41, 5.74) is -0.647. The number of carbonyl (C=O) groups excluding carboxylic acids is 3. The van der Waals surface area contributed by atoms with Crippen LogP contribution < -0.4 is 10.1 Å². The van der Waals surface area contributed by atoms with Crippen LogP contribution in [-0.2, 0) is 28.6 Å². The minimum Gasteiger partial charge on any atom is -0.507 e. The Bertz CT molecular complexity index is 2020. The number of Topliss-reactive ketones (excluding diaryl/α,β-unsaturated/α-hetero) is 1. The van der Waals surface area contributed by atoms with Crippen molar-refractivity contribution < 1.29 is 63.7 Å². The molecule has 0 saturated carbocycles. The summed E-state index contributed by atoms with van der Waals surface area (Å²) >= 11 is 0. The summed E-state index contributed by atoms with van der Waals surface area (Å²) in [6.07, 6.45) is 7.87. The lowest BCUT2D eigenvalue weighted by atomic mass is 9.78. The molecule has 3 heterocycles. The number of aliphatic hydroxyl groups excluding tert-OH is 2. The Labute approximate surface area is 331 Å². The standard InChI is InChI=1S/C42H54N2O13/c1-11-12-17-55-43-19-27-32-37(50)30-29(36(27)49)31-39(25(7)35(30)48)57-42(9,40(31)51)54-18-16-28(53-10)22(4)38(56-26(8)45)24(6)34(47)23(5)33(46)20(2)14-13-15-21(3)41(52)44-32/h11-16,18-20,22-24,28,33-34,38,46-50H,17H2,1-10H3,(H,44,52)/b12-11+,14-13+,18-16+,21-15+,43-19+/t20-,22+,23+,24+,28-,33-,34+,38+,42-/m0/s1. The van der Waals surface area contributed by atoms with Gasteiger partial charge < -0.3 is 54.6 Å². The number of nitrogens with zero attached hydrogens (tertiary/aromatic N) is 1. The van der Waals surface area contributed by atoms with Crippen molar-refractivity contribution in [3.05, 3.63) is 65.0 Å². The maximum Gasteiger partial charge on any atom is 0.312 e. The number of amides is 1. The Kier molecular flexibility index (Phi) is 14.2. The highest BCUT2D eigenvalue weighted by molar-refractivity contribution is 6.23. The number of nitrogens with one attached hydrogen (secondary N) is 1. The van der Waals surface area contributed by atoms with Crippen molar-refractivity contribution in [2.24, 2.45) is 28.8 Å². The molecule has 0 radical (unpaired) electrons. The molecule has 5 rings (SSSR count). The summed E-state index contributed by atoms with van der Waals surface area (Å²) in [4.78, 5) is 45.4. The van der Waals surface area contributed by atoms with Crippen LogP contribution in [0.1, 0.15) is 76.9 Å². The Morgan fingerprint density at radius 2 is 1.67 bits per heavy atom. The quantitative estimate of drug-likeness (QED) is 0.0395. The first-order chi connectivity index (χ1) is 26.8. The van der Waals surface area contributed by atoms with Crippen LogP contribution >= 0.6 is 0 Å². The first-order valence-corrected chi connectivity index (χ1v) is 18.7. The molecule has 310 valence electrons. The van der Waals surface area contributed by atoms with Crippen molar-refractivity contribution in [3.63, 3.8) is 0 Å². The fourth-order valence-electron chi connectivity index (χ4n) is 7.14. The number of allylic oxidation sites excluding steroid dienone is 3. The number of phenolic OH excluding ortho intramolecular Hbond substituents is 3. The molecule has 5 bridgehead atoms. The third-order valence-electron chi connectivity index (χ3n) is 10.7. The highest BCUT2D eigenvalue weighted by atomic mass is 16.7. The van der Waals surface area contributed by atoms with Crippen molar-refractivity contribution in [1.82, 2.24) is 0 Å². The minimum atomic E-state index is -2.06. The molecule has 0 aliphatic carbocycles. The molecule has 2 aromatic rings. The molecule has 1 amide bonds. The summed E-state index contributed by atoms with van der Waals surface area (Å²) in [5.74, 6) is -8.67. The predicted molar refractivity (Wildman–Crippen MR) is 212 cm³/mol. The first-order valence-electron chi connectivity index (χ1n) is 18.7. The van der Waals surface area contributed by atoms with Crippen LogP contribution in [0.25, 0.3) is 10.8 Å². The van der Waals surface area contributed by atoms with Crippen LogP contribution in [-0.4, -0.2) is 93.3 Å². The Balaban J connectivity index is 1.97. The SMILES string of the molecule is C/C=C/CO/N=C/c1c2c(O)c3c(O)c(C)c4c(c3c1O)C(=O)[C@@](C)(O/C=C/[C@H](OC)[C@@H](C)[C@@H](OC(C)=O)[C@H](C)[C@H](O)[C@H](C)[C@@H](O)[C@@H](C)/C=C/C=C(\C)C(=O)N2)O4. The number of ether oxygens (including phenoxy) is 4. The number of oxime groups is 1. The maximum absolute atomic E-state index is 14.3. The number of rotatable bonds is 6. The molecular formula is C42H54N2O13. The number of fused-ring (bicyclic) bond motifs is 14. The van der Waals surface area contributed by atoms with Gasteiger partial charge in [-0.15, -0.1) is 0 Å². The maximum atomic E-state index is 14.3. The lowest BCUT2D eigenvalue weighted by Crippen LogP contribution is -2.46. The Morgan fingerprint density at radius 3 is 2.30 bits per heavy atom. The second-order valence-corrected chi connectivity index (χ2v) is 14.7. The van der Waals surface area contributed by atoms with Crippen LogP contribution in [0.4, 0.5) is 5.69 Å². The van der Waals surface area contributed by atoms with Crippen LogP contribution in [0, 0.1) is 30.6 Å². The molecule has 3 aliphatic rings. The molecule has 9 atom stereocenters. The van der Waals surface area contributed by atoms with E-state index in [0.29, 0.717) is 0 Å². The van der Waals surface area contributed by atoms with Crippen molar-refractivity contribution in [1.29, 1.82) is 0 Å². The molecule has 6 N–H and O–H groups in total. The average Bonchev–Trinajstić information content (AvgIpc) is 3.43. The normalized spacial score (nSPS) is 30.8. The van der Waals surface area contributed by atoms with Gasteiger partial charge in [0.15, 0.2) is 5.75 Å². The molecular weight excluding hydrogens is 740 g/mol. The smallest absolute Gasteiger partial charge is 0.312 e. The summed E-state index contributed by atoms with van der Waals surface area (Å²) in [6.45, 7) is 14.2. The number of ketones is 1. The van der Waals surface area contributed by atoms with Crippen molar-refractivity contribution in [2.75, 3.05) is 19.0 Å². The second-order valence-electron chi connectivity index (χ2n) is 14.7. The van der Waals surface area contributed by atoms with E-state index >= 15 is 0 Å². The fraction of sp³-hybridized carbons (Fsp3) is 0.476. The minimum absolute atomic E-state index is 0.0302. The topological polar surface area (TPSA) is 223 Å². The van der Waals surface area contributed by atoms with Gasteiger partial charge in [0.1, 0.15) is 30.0 Å². The Morgan fingerprint density at radius 1 is 0.982 bits per heavy atom. The largest absolute Gasteiger partial charge is 0.507 e. The van der Waals surface area contributed by atoms with Crippen LogP contribution in [0.3, 0.4) is 0 Å². The van der Waals surface area contributed by atoms with E-state index in [9.17, 15) is 39.9 Å². The molecule has 0 saturated heterocycles. The lowest BCUT2D eigenvalue weighted by molar-refractivity contribution is -0.160. The number of benzene rings is 2. The molecule has 0 spiro atoms. The van der Waals surface area contributed by atoms with E-state index in [1.807, 2.05) is 0 Å². The number of phenols is 3. The van der Waals surface area contributed by atoms with Gasteiger partial charge in [-0.1, -0.05) is 57.2 Å². The molecule has 2 aromatic carbocycles. The van der Waals surface area contributed by atoms with E-state index in [1.165, 1.54) is 53.2 Å². The number of aliphatic hydroxyl groups is 2. The zero-order chi connectivity index (χ0) is 42.5. The van der Waals surface area contributed by atoms with Gasteiger partial charge >= 0.3 is 11.8 Å². The molecule has 0 fully saturated rings. The molecule has 3 aliphatic heterocycles. The van der Waals surface area contributed by atoms with Crippen molar-refractivity contribution in [3.8, 4) is 23.0 Å². The van der Waals surface area contributed by atoms with E-state index in [-0.39, 0.29) is 51.1 Å². The molecule has 0 unspecified atom stereocenters. The van der Waals surface area contributed by atoms with Crippen LogP contribution in [0.2, 0.25) is 0 Å². The lowest BCUT2D eigenvalue weighted by Gasteiger charge is -2.38. The molecule has 15 nitrogen and oxygen atoms in total. The van der Waals surface area contributed by atoms with E-state index < -0.39 is 88.8 Å². The van der Waals surface area contributed by atoms with E-state index in [0.717, 1.165) is 6.21 Å². The number of methoxy groups -OCH3 is 1. The van der Waals surface area contributed by atoms with Crippen LogP contribution in [0.5, 0.6) is 23.0 Å². The Hall–Kier alpha value is -5.38. The van der Waals surface area contributed by atoms with Gasteiger partial charge in [0, 0.05) is 61.2 Å². The van der Waals surface area contributed by atoms with Gasteiger partial charge in [-0.05, 0) is 32.9 Å². The number of aromatic hydroxyl groups is 3. The molecule has 15 heteroatoms. The van der Waals surface area contributed by atoms with E-state index in [2.05, 4.69) is 10.5 Å². The van der Waals surface area contributed by atoms with E-state index in [4.69, 9.17) is 23.8 Å². The number of esters is 1. The van der Waals surface area contributed by atoms with Gasteiger partial charge in [-0.2, -0.15) is 0 Å². The summed E-state index contributed by atoms with van der Waals surface area (Å²) < 4.78 is 23.4. The first kappa shape index (κ1) is 44.3. The highest BCUT2D eigenvalue weighted by Crippen LogP contribution is 2.55. The van der Waals surface area contributed by atoms with Gasteiger partial charge in [-0.25, -0.2) is 0 Å². The fourth-order valence-corrected chi connectivity index (χ4v) is 7.14. The van der Waals surface area contributed by atoms with Gasteiger partial charge in [0.25, 0.3) is 11.7 Å². The van der Waals surface area contributed by atoms with Crippen molar-refractivity contribution in [2.45, 2.75) is 92.5 Å². The zero-order valence-electron chi connectivity index (χ0n) is 33.9. The monoisotopic (exact) mass is 794 g/mol. The van der Waals surface area contributed by atoms with Crippen LogP contribution in [0.15, 0.2) is 53.4 Å². The average molecular weight is 795 g/mol. The molecule has 0 aromatic heterocycles. The van der Waals surface area contributed by atoms with E-state index in [1.54, 1.807) is 58.9 Å².